The van der Waals surface area contributed by atoms with Gasteiger partial charge in [-0.05, 0) is 55.9 Å². The molecule has 2 aliphatic rings. The van der Waals surface area contributed by atoms with Gasteiger partial charge >= 0.3 is 0 Å². The number of nitrogens with zero attached hydrogens (tertiary/aromatic N) is 1. The molecule has 1 saturated carbocycles. The average molecular weight is 266 g/mol. The van der Waals surface area contributed by atoms with Crippen molar-refractivity contribution in [3.05, 3.63) is 0 Å². The minimum atomic E-state index is 0.154. The summed E-state index contributed by atoms with van der Waals surface area (Å²) in [5, 5.41) is 0. The normalized spacial score (nSPS) is 26.9. The van der Waals surface area contributed by atoms with Crippen molar-refractivity contribution < 1.29 is 4.79 Å². The summed E-state index contributed by atoms with van der Waals surface area (Å²) < 4.78 is 0. The van der Waals surface area contributed by atoms with Gasteiger partial charge in [0.1, 0.15) is 0 Å². The number of rotatable bonds is 4. The minimum Gasteiger partial charge on any atom is -0.343 e. The molecule has 1 amide bonds. The van der Waals surface area contributed by atoms with Crippen molar-refractivity contribution in [3.63, 3.8) is 0 Å². The van der Waals surface area contributed by atoms with Crippen LogP contribution in [-0.4, -0.2) is 30.4 Å². The van der Waals surface area contributed by atoms with E-state index in [0.717, 1.165) is 37.8 Å². The van der Waals surface area contributed by atoms with Gasteiger partial charge in [-0.1, -0.05) is 20.3 Å². The molecule has 3 heteroatoms. The molecule has 1 aliphatic heterocycles. The molecule has 0 bridgehead atoms. The molecule has 1 saturated heterocycles. The van der Waals surface area contributed by atoms with E-state index in [1.165, 1.54) is 25.7 Å². The molecule has 0 aromatic rings. The fraction of sp³-hybridized carbons (Fsp3) is 0.938. The molecule has 19 heavy (non-hydrogen) atoms. The zero-order valence-corrected chi connectivity index (χ0v) is 12.7. The van der Waals surface area contributed by atoms with E-state index < -0.39 is 0 Å². The van der Waals surface area contributed by atoms with Crippen LogP contribution in [0.3, 0.4) is 0 Å². The Kier molecular flexibility index (Phi) is 4.88. The van der Waals surface area contributed by atoms with E-state index in [0.29, 0.717) is 18.9 Å². The lowest BCUT2D eigenvalue weighted by Gasteiger charge is -2.41. The molecule has 2 rings (SSSR count). The second kappa shape index (κ2) is 6.25. The Morgan fingerprint density at radius 2 is 2.00 bits per heavy atom. The predicted octanol–water partition coefficient (Wildman–Crippen LogP) is 2.79. The highest BCUT2D eigenvalue weighted by molar-refractivity contribution is 5.77. The molecule has 3 nitrogen and oxygen atoms in total. The molecule has 0 radical (unpaired) electrons. The summed E-state index contributed by atoms with van der Waals surface area (Å²) in [7, 11) is 0. The molecule has 2 fully saturated rings. The Hall–Kier alpha value is -0.570. The maximum atomic E-state index is 12.5. The lowest BCUT2D eigenvalue weighted by molar-refractivity contribution is -0.135. The van der Waals surface area contributed by atoms with Crippen LogP contribution < -0.4 is 5.73 Å². The molecule has 1 heterocycles. The SMILES string of the molecule is CC(C)C1CCCN(C(=O)CC2(CN)CCC2)CC1. The van der Waals surface area contributed by atoms with E-state index in [4.69, 9.17) is 5.73 Å². The van der Waals surface area contributed by atoms with Gasteiger partial charge in [-0.15, -0.1) is 0 Å². The monoisotopic (exact) mass is 266 g/mol. The number of likely N-dealkylation sites (tertiary alicyclic amines) is 1. The molecule has 1 atom stereocenters. The van der Waals surface area contributed by atoms with Crippen LogP contribution >= 0.6 is 0 Å². The van der Waals surface area contributed by atoms with Crippen LogP contribution in [-0.2, 0) is 4.79 Å². The first-order valence-electron chi connectivity index (χ1n) is 8.04. The third-order valence-corrected chi connectivity index (χ3v) is 5.44. The number of hydrogen-bond acceptors (Lipinski definition) is 2. The van der Waals surface area contributed by atoms with E-state index in [1.807, 2.05) is 0 Å². The fourth-order valence-corrected chi connectivity index (χ4v) is 3.60. The molecule has 0 aromatic heterocycles. The summed E-state index contributed by atoms with van der Waals surface area (Å²) in [5.41, 5.74) is 6.02. The first-order chi connectivity index (χ1) is 9.06. The van der Waals surface area contributed by atoms with Gasteiger partial charge in [0.15, 0.2) is 0 Å². The zero-order valence-electron chi connectivity index (χ0n) is 12.7. The van der Waals surface area contributed by atoms with Crippen LogP contribution in [0.4, 0.5) is 0 Å². The fourth-order valence-electron chi connectivity index (χ4n) is 3.60. The molecule has 0 aromatic carbocycles. The second-order valence-corrected chi connectivity index (χ2v) is 7.05. The van der Waals surface area contributed by atoms with Gasteiger partial charge in [0, 0.05) is 19.5 Å². The van der Waals surface area contributed by atoms with E-state index in [-0.39, 0.29) is 5.41 Å². The van der Waals surface area contributed by atoms with Gasteiger partial charge in [0.25, 0.3) is 0 Å². The summed E-state index contributed by atoms with van der Waals surface area (Å²) in [4.78, 5) is 14.6. The molecular weight excluding hydrogens is 236 g/mol. The molecule has 1 aliphatic carbocycles. The first-order valence-corrected chi connectivity index (χ1v) is 8.04. The number of amides is 1. The largest absolute Gasteiger partial charge is 0.343 e. The van der Waals surface area contributed by atoms with Crippen molar-refractivity contribution in [3.8, 4) is 0 Å². The van der Waals surface area contributed by atoms with Crippen LogP contribution in [0.25, 0.3) is 0 Å². The lowest BCUT2D eigenvalue weighted by Crippen LogP contribution is -2.43. The highest BCUT2D eigenvalue weighted by Crippen LogP contribution is 2.43. The third-order valence-electron chi connectivity index (χ3n) is 5.44. The zero-order chi connectivity index (χ0) is 13.9. The van der Waals surface area contributed by atoms with E-state index >= 15 is 0 Å². The quantitative estimate of drug-likeness (QED) is 0.850. The maximum absolute atomic E-state index is 12.5. The van der Waals surface area contributed by atoms with Gasteiger partial charge in [-0.3, -0.25) is 4.79 Å². The number of hydrogen-bond donors (Lipinski definition) is 1. The number of carbonyl (C=O) groups is 1. The van der Waals surface area contributed by atoms with Gasteiger partial charge in [-0.2, -0.15) is 0 Å². The highest BCUT2D eigenvalue weighted by Gasteiger charge is 2.38. The van der Waals surface area contributed by atoms with Gasteiger partial charge in [0.05, 0.1) is 0 Å². The number of carbonyl (C=O) groups excluding carboxylic acids is 1. The molecule has 110 valence electrons. The smallest absolute Gasteiger partial charge is 0.223 e. The second-order valence-electron chi connectivity index (χ2n) is 7.05. The Morgan fingerprint density at radius 3 is 2.53 bits per heavy atom. The summed E-state index contributed by atoms with van der Waals surface area (Å²) in [6, 6.07) is 0. The van der Waals surface area contributed by atoms with Crippen molar-refractivity contribution in [1.82, 2.24) is 4.90 Å². The Morgan fingerprint density at radius 1 is 1.26 bits per heavy atom. The summed E-state index contributed by atoms with van der Waals surface area (Å²) in [6.45, 7) is 7.21. The Labute approximate surface area is 117 Å². The maximum Gasteiger partial charge on any atom is 0.223 e. The van der Waals surface area contributed by atoms with Crippen LogP contribution in [0.2, 0.25) is 0 Å². The van der Waals surface area contributed by atoms with Crippen molar-refractivity contribution in [1.29, 1.82) is 0 Å². The van der Waals surface area contributed by atoms with E-state index in [1.54, 1.807) is 0 Å². The molecule has 1 unspecified atom stereocenters. The van der Waals surface area contributed by atoms with Crippen molar-refractivity contribution in [2.75, 3.05) is 19.6 Å². The first kappa shape index (κ1) is 14.8. The number of nitrogens with two attached hydrogens (primary N) is 1. The van der Waals surface area contributed by atoms with Crippen LogP contribution in [0, 0.1) is 17.3 Å². The summed E-state index contributed by atoms with van der Waals surface area (Å²) in [5.74, 6) is 1.90. The van der Waals surface area contributed by atoms with Crippen molar-refractivity contribution in [2.24, 2.45) is 23.0 Å². The van der Waals surface area contributed by atoms with Crippen LogP contribution in [0.5, 0.6) is 0 Å². The van der Waals surface area contributed by atoms with Gasteiger partial charge in [-0.25, -0.2) is 0 Å². The molecule has 0 spiro atoms. The Bertz CT molecular complexity index is 304. The highest BCUT2D eigenvalue weighted by atomic mass is 16.2. The molecule has 2 N–H and O–H groups in total. The minimum absolute atomic E-state index is 0.154. The standard InChI is InChI=1S/C16H30N2O/c1-13(2)14-5-3-9-18(10-6-14)15(19)11-16(12-17)7-4-8-16/h13-14H,3-12,17H2,1-2H3. The lowest BCUT2D eigenvalue weighted by atomic mass is 9.66. The Balaban J connectivity index is 1.86. The topological polar surface area (TPSA) is 46.3 Å². The summed E-state index contributed by atoms with van der Waals surface area (Å²) in [6.07, 6.45) is 7.87. The molecular formula is C16H30N2O. The van der Waals surface area contributed by atoms with Crippen molar-refractivity contribution in [2.45, 2.75) is 58.8 Å². The van der Waals surface area contributed by atoms with Gasteiger partial charge in [0.2, 0.25) is 5.91 Å². The predicted molar refractivity (Wildman–Crippen MR) is 78.7 cm³/mol. The average Bonchev–Trinajstić information content (AvgIpc) is 2.59. The summed E-state index contributed by atoms with van der Waals surface area (Å²) >= 11 is 0. The van der Waals surface area contributed by atoms with Crippen molar-refractivity contribution >= 4 is 5.91 Å². The van der Waals surface area contributed by atoms with E-state index in [2.05, 4.69) is 18.7 Å². The van der Waals surface area contributed by atoms with Crippen LogP contribution in [0.15, 0.2) is 0 Å². The van der Waals surface area contributed by atoms with Gasteiger partial charge < -0.3 is 10.6 Å². The van der Waals surface area contributed by atoms with E-state index in [9.17, 15) is 4.79 Å². The van der Waals surface area contributed by atoms with Crippen LogP contribution in [0.1, 0.15) is 58.8 Å². The third kappa shape index (κ3) is 3.50.